The minimum atomic E-state index is 0.325. The summed E-state index contributed by atoms with van der Waals surface area (Å²) in [5.74, 6) is 2.18. The summed E-state index contributed by atoms with van der Waals surface area (Å²) >= 11 is 0. The van der Waals surface area contributed by atoms with E-state index in [9.17, 15) is 0 Å². The second kappa shape index (κ2) is 8.65. The summed E-state index contributed by atoms with van der Waals surface area (Å²) in [4.78, 5) is 6.51. The van der Waals surface area contributed by atoms with Gasteiger partial charge in [0.25, 0.3) is 0 Å². The fourth-order valence-corrected chi connectivity index (χ4v) is 2.91. The van der Waals surface area contributed by atoms with Gasteiger partial charge in [-0.15, -0.1) is 0 Å². The molecule has 5 heteroatoms. The Morgan fingerprint density at radius 3 is 2.52 bits per heavy atom. The van der Waals surface area contributed by atoms with Crippen molar-refractivity contribution in [1.82, 2.24) is 4.90 Å². The molecule has 1 aromatic carbocycles. The first kappa shape index (κ1) is 17.4. The van der Waals surface area contributed by atoms with E-state index >= 15 is 0 Å². The summed E-state index contributed by atoms with van der Waals surface area (Å²) in [5.41, 5.74) is 7.08. The maximum atomic E-state index is 6.06. The quantitative estimate of drug-likeness (QED) is 0.619. The van der Waals surface area contributed by atoms with Crippen LogP contribution < -0.4 is 15.2 Å². The number of nitrogens with two attached hydrogens (primary N) is 1. The Bertz CT molecular complexity index is 521. The number of hydrogen-bond donors (Lipinski definition) is 1. The molecule has 1 fully saturated rings. The van der Waals surface area contributed by atoms with Crippen molar-refractivity contribution in [2.24, 2.45) is 10.7 Å². The largest absolute Gasteiger partial charge is 0.493 e. The summed E-state index contributed by atoms with van der Waals surface area (Å²) in [5, 5.41) is 0. The molecule has 0 saturated heterocycles. The normalized spacial score (nSPS) is 15.7. The van der Waals surface area contributed by atoms with Gasteiger partial charge in [-0.2, -0.15) is 0 Å². The van der Waals surface area contributed by atoms with Crippen LogP contribution in [0.5, 0.6) is 11.5 Å². The molecule has 0 spiro atoms. The highest BCUT2D eigenvalue weighted by Gasteiger charge is 2.18. The third-order valence-electron chi connectivity index (χ3n) is 4.33. The van der Waals surface area contributed by atoms with E-state index in [0.29, 0.717) is 18.6 Å². The molecule has 1 aliphatic carbocycles. The van der Waals surface area contributed by atoms with Gasteiger partial charge in [-0.1, -0.05) is 6.07 Å². The zero-order chi connectivity index (χ0) is 16.7. The van der Waals surface area contributed by atoms with Gasteiger partial charge in [-0.25, -0.2) is 4.99 Å². The predicted molar refractivity (Wildman–Crippen MR) is 94.1 cm³/mol. The molecular formula is C18H29N3O2. The third kappa shape index (κ3) is 4.78. The number of aliphatic imine (C=N–C) groups is 1. The van der Waals surface area contributed by atoms with Crippen LogP contribution in [0.15, 0.2) is 23.2 Å². The maximum Gasteiger partial charge on any atom is 0.191 e. The number of benzene rings is 1. The Kier molecular flexibility index (Phi) is 6.56. The van der Waals surface area contributed by atoms with Crippen molar-refractivity contribution in [3.8, 4) is 11.5 Å². The standard InChI is InChI=1S/C18H29N3O2/c1-4-21(5-2)18(19)20-13-14-10-11-16(17(12-14)22-3)23-15-8-6-7-9-15/h10-12,15H,4-9,13H2,1-3H3,(H2,19,20). The van der Waals surface area contributed by atoms with Gasteiger partial charge in [0.2, 0.25) is 0 Å². The molecule has 1 saturated carbocycles. The van der Waals surface area contributed by atoms with Crippen LogP contribution in [0.2, 0.25) is 0 Å². The van der Waals surface area contributed by atoms with Crippen LogP contribution in [0.3, 0.4) is 0 Å². The number of ether oxygens (including phenoxy) is 2. The van der Waals surface area contributed by atoms with E-state index in [1.807, 2.05) is 23.1 Å². The fraction of sp³-hybridized carbons (Fsp3) is 0.611. The lowest BCUT2D eigenvalue weighted by Crippen LogP contribution is -2.37. The van der Waals surface area contributed by atoms with Crippen molar-refractivity contribution in [3.63, 3.8) is 0 Å². The molecule has 1 aliphatic rings. The van der Waals surface area contributed by atoms with Crippen molar-refractivity contribution in [2.75, 3.05) is 20.2 Å². The second-order valence-corrected chi connectivity index (χ2v) is 5.86. The van der Waals surface area contributed by atoms with E-state index in [1.165, 1.54) is 12.8 Å². The molecule has 0 bridgehead atoms. The highest BCUT2D eigenvalue weighted by Crippen LogP contribution is 2.32. The third-order valence-corrected chi connectivity index (χ3v) is 4.33. The van der Waals surface area contributed by atoms with Gasteiger partial charge >= 0.3 is 0 Å². The van der Waals surface area contributed by atoms with E-state index in [1.54, 1.807) is 7.11 Å². The monoisotopic (exact) mass is 319 g/mol. The Hall–Kier alpha value is -1.91. The zero-order valence-corrected chi connectivity index (χ0v) is 14.5. The van der Waals surface area contributed by atoms with Crippen molar-refractivity contribution >= 4 is 5.96 Å². The number of methoxy groups -OCH3 is 1. The smallest absolute Gasteiger partial charge is 0.191 e. The Morgan fingerprint density at radius 1 is 1.22 bits per heavy atom. The second-order valence-electron chi connectivity index (χ2n) is 5.86. The number of nitrogens with zero attached hydrogens (tertiary/aromatic N) is 2. The molecule has 0 aliphatic heterocycles. The lowest BCUT2D eigenvalue weighted by Gasteiger charge is -2.19. The summed E-state index contributed by atoms with van der Waals surface area (Å²) in [6, 6.07) is 6.00. The lowest BCUT2D eigenvalue weighted by molar-refractivity contribution is 0.200. The van der Waals surface area contributed by atoms with E-state index in [-0.39, 0.29) is 0 Å². The average molecular weight is 319 g/mol. The first-order valence-corrected chi connectivity index (χ1v) is 8.56. The summed E-state index contributed by atoms with van der Waals surface area (Å²) in [6.45, 7) is 6.42. The highest BCUT2D eigenvalue weighted by molar-refractivity contribution is 5.78. The van der Waals surface area contributed by atoms with E-state index < -0.39 is 0 Å². The minimum Gasteiger partial charge on any atom is -0.493 e. The number of guanidine groups is 1. The fourth-order valence-electron chi connectivity index (χ4n) is 2.91. The van der Waals surface area contributed by atoms with E-state index in [2.05, 4.69) is 18.8 Å². The first-order valence-electron chi connectivity index (χ1n) is 8.56. The van der Waals surface area contributed by atoms with Crippen molar-refractivity contribution < 1.29 is 9.47 Å². The molecule has 0 unspecified atom stereocenters. The molecule has 128 valence electrons. The van der Waals surface area contributed by atoms with Gasteiger partial charge in [0.1, 0.15) is 0 Å². The number of rotatable bonds is 7. The van der Waals surface area contributed by atoms with Crippen LogP contribution >= 0.6 is 0 Å². The molecule has 0 heterocycles. The van der Waals surface area contributed by atoms with Gasteiger partial charge < -0.3 is 20.1 Å². The molecule has 2 N–H and O–H groups in total. The van der Waals surface area contributed by atoms with Gasteiger partial charge in [0, 0.05) is 13.1 Å². The molecule has 0 atom stereocenters. The molecule has 2 rings (SSSR count). The van der Waals surface area contributed by atoms with Crippen LogP contribution in [0.25, 0.3) is 0 Å². The summed E-state index contributed by atoms with van der Waals surface area (Å²) in [6.07, 6.45) is 5.10. The van der Waals surface area contributed by atoms with Gasteiger partial charge in [0.05, 0.1) is 19.8 Å². The number of hydrogen-bond acceptors (Lipinski definition) is 3. The molecule has 0 radical (unpaired) electrons. The highest BCUT2D eigenvalue weighted by atomic mass is 16.5. The SMILES string of the molecule is CCN(CC)C(N)=NCc1ccc(OC2CCCC2)c(OC)c1. The van der Waals surface area contributed by atoms with Crippen molar-refractivity contribution in [1.29, 1.82) is 0 Å². The Labute approximate surface area is 139 Å². The summed E-state index contributed by atoms with van der Waals surface area (Å²) < 4.78 is 11.5. The van der Waals surface area contributed by atoms with Crippen molar-refractivity contribution in [2.45, 2.75) is 52.2 Å². The van der Waals surface area contributed by atoms with Crippen molar-refractivity contribution in [3.05, 3.63) is 23.8 Å². The van der Waals surface area contributed by atoms with Crippen LogP contribution in [-0.2, 0) is 6.54 Å². The average Bonchev–Trinajstić information content (AvgIpc) is 3.08. The van der Waals surface area contributed by atoms with Crippen LogP contribution in [-0.4, -0.2) is 37.2 Å². The topological polar surface area (TPSA) is 60.1 Å². The van der Waals surface area contributed by atoms with Crippen LogP contribution in [0.1, 0.15) is 45.1 Å². The molecular weight excluding hydrogens is 290 g/mol. The van der Waals surface area contributed by atoms with Gasteiger partial charge in [-0.05, 0) is 57.2 Å². The minimum absolute atomic E-state index is 0.325. The first-order chi connectivity index (χ1) is 11.2. The molecule has 1 aromatic rings. The molecule has 0 aromatic heterocycles. The summed E-state index contributed by atoms with van der Waals surface area (Å²) in [7, 11) is 1.67. The molecule has 5 nitrogen and oxygen atoms in total. The Balaban J connectivity index is 2.04. The van der Waals surface area contributed by atoms with Gasteiger partial charge in [-0.3, -0.25) is 0 Å². The van der Waals surface area contributed by atoms with Gasteiger partial charge in [0.15, 0.2) is 17.5 Å². The van der Waals surface area contributed by atoms with Crippen LogP contribution in [0, 0.1) is 0 Å². The van der Waals surface area contributed by atoms with E-state index in [4.69, 9.17) is 15.2 Å². The zero-order valence-electron chi connectivity index (χ0n) is 14.5. The van der Waals surface area contributed by atoms with E-state index in [0.717, 1.165) is 43.0 Å². The maximum absolute atomic E-state index is 6.06. The molecule has 0 amide bonds. The molecule has 23 heavy (non-hydrogen) atoms. The van der Waals surface area contributed by atoms with Crippen LogP contribution in [0.4, 0.5) is 0 Å². The Morgan fingerprint density at radius 2 is 1.91 bits per heavy atom. The lowest BCUT2D eigenvalue weighted by atomic mass is 10.2. The predicted octanol–water partition coefficient (Wildman–Crippen LogP) is 3.17.